The Hall–Kier alpha value is -1.86. The summed E-state index contributed by atoms with van der Waals surface area (Å²) in [4.78, 5) is 11.6. The van der Waals surface area contributed by atoms with Gasteiger partial charge < -0.3 is 8.92 Å². The Morgan fingerprint density at radius 3 is 2.17 bits per heavy atom. The summed E-state index contributed by atoms with van der Waals surface area (Å²) in [6.07, 6.45) is 0. The van der Waals surface area contributed by atoms with Crippen LogP contribution in [0.4, 0.5) is 0 Å². The molecule has 0 unspecified atom stereocenters. The normalized spacial score (nSPS) is 11.2. The van der Waals surface area contributed by atoms with E-state index in [0.717, 1.165) is 16.7 Å². The molecule has 0 atom stereocenters. The second kappa shape index (κ2) is 6.94. The molecule has 2 rings (SSSR count). The summed E-state index contributed by atoms with van der Waals surface area (Å²) >= 11 is 3.20. The van der Waals surface area contributed by atoms with E-state index in [1.54, 1.807) is 13.8 Å². The molecule has 24 heavy (non-hydrogen) atoms. The molecule has 0 spiro atoms. The average molecular weight is 413 g/mol. The first-order valence-electron chi connectivity index (χ1n) is 7.06. The molecular formula is C17H17BrO5S. The standard InChI is InChI=1S/C17H17BrO5S/c1-10-7-11(2)16(12(3)8-10)23-24(20,21)13-5-6-15(18)14(9-13)17(19)22-4/h5-9H,1-4H3. The van der Waals surface area contributed by atoms with Crippen molar-refractivity contribution in [1.82, 2.24) is 0 Å². The number of esters is 1. The number of carbonyl (C=O) groups excluding carboxylic acids is 1. The van der Waals surface area contributed by atoms with Gasteiger partial charge in [0.15, 0.2) is 0 Å². The predicted molar refractivity (Wildman–Crippen MR) is 93.9 cm³/mol. The molecule has 0 heterocycles. The fourth-order valence-corrected chi connectivity index (χ4v) is 3.87. The van der Waals surface area contributed by atoms with Gasteiger partial charge in [-0.1, -0.05) is 17.7 Å². The topological polar surface area (TPSA) is 69.7 Å². The van der Waals surface area contributed by atoms with E-state index in [2.05, 4.69) is 20.7 Å². The fraction of sp³-hybridized carbons (Fsp3) is 0.235. The molecule has 7 heteroatoms. The van der Waals surface area contributed by atoms with Gasteiger partial charge in [0.25, 0.3) is 0 Å². The number of aryl methyl sites for hydroxylation is 3. The van der Waals surface area contributed by atoms with Crippen molar-refractivity contribution in [1.29, 1.82) is 0 Å². The van der Waals surface area contributed by atoms with Gasteiger partial charge in [0.1, 0.15) is 10.6 Å². The molecule has 0 aliphatic rings. The maximum atomic E-state index is 12.6. The molecule has 0 aliphatic carbocycles. The van der Waals surface area contributed by atoms with Gasteiger partial charge in [-0.05, 0) is 66.0 Å². The minimum Gasteiger partial charge on any atom is -0.465 e. The van der Waals surface area contributed by atoms with Crippen molar-refractivity contribution in [3.8, 4) is 5.75 Å². The highest BCUT2D eigenvalue weighted by molar-refractivity contribution is 9.10. The average Bonchev–Trinajstić information content (AvgIpc) is 2.50. The Morgan fingerprint density at radius 2 is 1.62 bits per heavy atom. The molecule has 0 aliphatic heterocycles. The van der Waals surface area contributed by atoms with E-state index in [4.69, 9.17) is 4.18 Å². The van der Waals surface area contributed by atoms with E-state index >= 15 is 0 Å². The second-order valence-corrected chi connectivity index (χ2v) is 7.80. The van der Waals surface area contributed by atoms with E-state index in [0.29, 0.717) is 10.2 Å². The Labute approximate surface area is 149 Å². The number of carbonyl (C=O) groups is 1. The summed E-state index contributed by atoms with van der Waals surface area (Å²) in [6.45, 7) is 5.49. The number of rotatable bonds is 4. The Kier molecular flexibility index (Phi) is 5.35. The summed E-state index contributed by atoms with van der Waals surface area (Å²) in [5, 5.41) is 0. The first-order valence-corrected chi connectivity index (χ1v) is 9.26. The summed E-state index contributed by atoms with van der Waals surface area (Å²) in [6, 6.07) is 7.75. The maximum Gasteiger partial charge on any atom is 0.339 e. The SMILES string of the molecule is COC(=O)c1cc(S(=O)(=O)Oc2c(C)cc(C)cc2C)ccc1Br. The van der Waals surface area contributed by atoms with Gasteiger partial charge in [-0.2, -0.15) is 8.42 Å². The number of halogens is 1. The van der Waals surface area contributed by atoms with Crippen LogP contribution in [0.2, 0.25) is 0 Å². The molecule has 5 nitrogen and oxygen atoms in total. The lowest BCUT2D eigenvalue weighted by molar-refractivity contribution is 0.0599. The molecule has 2 aromatic rings. The van der Waals surface area contributed by atoms with Crippen LogP contribution in [0.25, 0.3) is 0 Å². The number of hydrogen-bond donors (Lipinski definition) is 0. The second-order valence-electron chi connectivity index (χ2n) is 5.40. The Morgan fingerprint density at radius 1 is 1.04 bits per heavy atom. The highest BCUT2D eigenvalue weighted by Gasteiger charge is 2.22. The smallest absolute Gasteiger partial charge is 0.339 e. The minimum absolute atomic E-state index is 0.111. The third kappa shape index (κ3) is 3.79. The Bertz CT molecular complexity index is 880. The number of ether oxygens (including phenoxy) is 1. The Balaban J connectivity index is 2.47. The van der Waals surface area contributed by atoms with Crippen molar-refractivity contribution in [3.05, 3.63) is 57.1 Å². The van der Waals surface area contributed by atoms with Crippen LogP contribution in [0.1, 0.15) is 27.0 Å². The largest absolute Gasteiger partial charge is 0.465 e. The summed E-state index contributed by atoms with van der Waals surface area (Å²) in [5.74, 6) is -0.343. The zero-order valence-corrected chi connectivity index (χ0v) is 16.1. The summed E-state index contributed by atoms with van der Waals surface area (Å²) in [5.41, 5.74) is 2.58. The van der Waals surface area contributed by atoms with Crippen LogP contribution >= 0.6 is 15.9 Å². The lowest BCUT2D eigenvalue weighted by Gasteiger charge is -2.13. The molecule has 2 aromatic carbocycles. The van der Waals surface area contributed by atoms with Crippen LogP contribution in [0.5, 0.6) is 5.75 Å². The van der Waals surface area contributed by atoms with Crippen LogP contribution in [0, 0.1) is 20.8 Å². The van der Waals surface area contributed by atoms with Crippen LogP contribution in [-0.2, 0) is 14.9 Å². The van der Waals surface area contributed by atoms with Crippen LogP contribution in [0.15, 0.2) is 39.7 Å². The van der Waals surface area contributed by atoms with Crippen LogP contribution in [-0.4, -0.2) is 21.5 Å². The van der Waals surface area contributed by atoms with Gasteiger partial charge in [0, 0.05) is 4.47 Å². The molecule has 0 aromatic heterocycles. The summed E-state index contributed by atoms with van der Waals surface area (Å²) in [7, 11) is -2.85. The zero-order valence-electron chi connectivity index (χ0n) is 13.7. The van der Waals surface area contributed by atoms with Crippen molar-refractivity contribution < 1.29 is 22.1 Å². The zero-order chi connectivity index (χ0) is 18.1. The van der Waals surface area contributed by atoms with Gasteiger partial charge in [-0.3, -0.25) is 0 Å². The molecule has 0 amide bonds. The minimum atomic E-state index is -4.08. The van der Waals surface area contributed by atoms with Crippen molar-refractivity contribution in [2.45, 2.75) is 25.7 Å². The molecule has 0 bridgehead atoms. The van der Waals surface area contributed by atoms with Crippen molar-refractivity contribution in [3.63, 3.8) is 0 Å². The quantitative estimate of drug-likeness (QED) is 0.561. The fourth-order valence-electron chi connectivity index (χ4n) is 2.38. The molecule has 0 radical (unpaired) electrons. The monoisotopic (exact) mass is 412 g/mol. The van der Waals surface area contributed by atoms with E-state index in [-0.39, 0.29) is 10.5 Å². The molecule has 0 saturated carbocycles. The molecular weight excluding hydrogens is 396 g/mol. The van der Waals surface area contributed by atoms with Crippen LogP contribution < -0.4 is 4.18 Å². The van der Waals surface area contributed by atoms with Crippen molar-refractivity contribution in [2.24, 2.45) is 0 Å². The third-order valence-electron chi connectivity index (χ3n) is 3.43. The molecule has 0 N–H and O–H groups in total. The highest BCUT2D eigenvalue weighted by atomic mass is 79.9. The highest BCUT2D eigenvalue weighted by Crippen LogP contribution is 2.29. The van der Waals surface area contributed by atoms with E-state index in [9.17, 15) is 13.2 Å². The maximum absolute atomic E-state index is 12.6. The van der Waals surface area contributed by atoms with Gasteiger partial charge in [0.2, 0.25) is 0 Å². The third-order valence-corrected chi connectivity index (χ3v) is 5.34. The molecule has 0 saturated heterocycles. The van der Waals surface area contributed by atoms with E-state index < -0.39 is 16.1 Å². The first kappa shape index (κ1) is 18.5. The lowest BCUT2D eigenvalue weighted by Crippen LogP contribution is -2.13. The lowest BCUT2D eigenvalue weighted by atomic mass is 10.1. The number of benzene rings is 2. The predicted octanol–water partition coefficient (Wildman–Crippen LogP) is 3.93. The molecule has 128 valence electrons. The van der Waals surface area contributed by atoms with E-state index in [1.165, 1.54) is 25.3 Å². The van der Waals surface area contributed by atoms with Gasteiger partial charge in [-0.15, -0.1) is 0 Å². The van der Waals surface area contributed by atoms with Crippen LogP contribution in [0.3, 0.4) is 0 Å². The van der Waals surface area contributed by atoms with Gasteiger partial charge in [0.05, 0.1) is 12.7 Å². The van der Waals surface area contributed by atoms with Gasteiger partial charge in [-0.25, -0.2) is 4.79 Å². The van der Waals surface area contributed by atoms with Crippen molar-refractivity contribution in [2.75, 3.05) is 7.11 Å². The van der Waals surface area contributed by atoms with Gasteiger partial charge >= 0.3 is 16.1 Å². The molecule has 0 fully saturated rings. The first-order chi connectivity index (χ1) is 11.2. The summed E-state index contributed by atoms with van der Waals surface area (Å²) < 4.78 is 35.6. The number of methoxy groups -OCH3 is 1. The van der Waals surface area contributed by atoms with E-state index in [1.807, 2.05) is 19.1 Å². The van der Waals surface area contributed by atoms with Crippen molar-refractivity contribution >= 4 is 32.0 Å². The number of hydrogen-bond acceptors (Lipinski definition) is 5.